The Morgan fingerprint density at radius 1 is 0.596 bits per heavy atom. The maximum Gasteiger partial charge on any atom is 0.171 e. The van der Waals surface area contributed by atoms with Gasteiger partial charge in [0.05, 0.1) is 11.0 Å². The molecule has 0 aliphatic carbocycles. The Bertz CT molecular complexity index is 2800. The number of rotatable bonds is 7. The van der Waals surface area contributed by atoms with E-state index >= 15 is 4.57 Å². The first-order valence-electron chi connectivity index (χ1n) is 17.2. The molecule has 0 fully saturated rings. The van der Waals surface area contributed by atoms with E-state index in [1.165, 1.54) is 0 Å². The summed E-state index contributed by atoms with van der Waals surface area (Å²) in [5, 5.41) is 8.00. The summed E-state index contributed by atoms with van der Waals surface area (Å²) in [5.74, 6) is 2.74. The summed E-state index contributed by atoms with van der Waals surface area (Å²) in [6.45, 7) is 1.93. The summed E-state index contributed by atoms with van der Waals surface area (Å²) >= 11 is 5.27. The molecule has 7 aromatic carbocycles. The molecule has 2 heterocycles. The Kier molecular flexibility index (Phi) is 7.96. The van der Waals surface area contributed by atoms with Gasteiger partial charge in [-0.15, -0.1) is 0 Å². The van der Waals surface area contributed by atoms with E-state index in [0.717, 1.165) is 60.0 Å². The van der Waals surface area contributed by atoms with E-state index in [0.29, 0.717) is 28.3 Å². The van der Waals surface area contributed by atoms with Gasteiger partial charge in [0.15, 0.2) is 30.1 Å². The fourth-order valence-corrected chi connectivity index (χ4v) is 10.3. The predicted octanol–water partition coefficient (Wildman–Crippen LogP) is 12.3. The molecule has 0 saturated carbocycles. The summed E-state index contributed by atoms with van der Waals surface area (Å²) in [4.78, 5) is 0. The number of hydrogen-bond donors (Lipinski definition) is 0. The van der Waals surface area contributed by atoms with E-state index in [1.807, 2.05) is 97.9 Å². The fourth-order valence-electron chi connectivity index (χ4n) is 7.28. The van der Waals surface area contributed by atoms with Gasteiger partial charge in [-0.1, -0.05) is 109 Å². The molecule has 1 aromatic heterocycles. The van der Waals surface area contributed by atoms with Crippen molar-refractivity contribution in [3.05, 3.63) is 175 Å². The van der Waals surface area contributed by atoms with Crippen molar-refractivity contribution in [1.29, 1.82) is 0 Å². The van der Waals surface area contributed by atoms with Crippen LogP contribution in [0.15, 0.2) is 175 Å². The normalized spacial score (nSPS) is 13.8. The minimum absolute atomic E-state index is 0.667. The number of para-hydroxylation sites is 1. The van der Waals surface area contributed by atoms with Crippen LogP contribution in [0.1, 0.15) is 6.92 Å². The van der Waals surface area contributed by atoms with Crippen molar-refractivity contribution < 1.29 is 14.0 Å². The van der Waals surface area contributed by atoms with Crippen molar-refractivity contribution in [3.8, 4) is 39.8 Å². The quantitative estimate of drug-likeness (QED) is 0.0715. The molecule has 250 valence electrons. The smallest absolute Gasteiger partial charge is 0.171 e. The summed E-state index contributed by atoms with van der Waals surface area (Å²) in [6, 6.07) is 51.2. The lowest BCUT2D eigenvalue weighted by Gasteiger charge is -2.22. The third-order valence-electron chi connectivity index (χ3n) is 9.72. The van der Waals surface area contributed by atoms with Crippen molar-refractivity contribution in [3.63, 3.8) is 0 Å². The van der Waals surface area contributed by atoms with Crippen LogP contribution < -0.4 is 20.1 Å². The predicted molar refractivity (Wildman–Crippen MR) is 220 cm³/mol. The SMILES string of the molecule is C/C=C\C(=C/C=S)P(=O)(c1ccccc1)c1ccc2c(c1)c1cc(-c3ccc4c(c3)Oc3cc5ccccc5cc3O4)ccc1n2-c1ccccc1. The largest absolute Gasteiger partial charge is 0.449 e. The molecular weight excluding hydrogens is 678 g/mol. The third kappa shape index (κ3) is 5.29. The highest BCUT2D eigenvalue weighted by molar-refractivity contribution is 7.83. The van der Waals surface area contributed by atoms with Crippen molar-refractivity contribution in [2.24, 2.45) is 0 Å². The first kappa shape index (κ1) is 31.9. The van der Waals surface area contributed by atoms with Crippen LogP contribution in [0.3, 0.4) is 0 Å². The minimum Gasteiger partial charge on any atom is -0.449 e. The Labute approximate surface area is 307 Å². The molecule has 9 rings (SSSR count). The van der Waals surface area contributed by atoms with E-state index in [2.05, 4.69) is 77.4 Å². The number of hydrogen-bond acceptors (Lipinski definition) is 4. The second-order valence-corrected chi connectivity index (χ2v) is 15.8. The third-order valence-corrected chi connectivity index (χ3v) is 12.9. The number of nitrogens with zero attached hydrogens (tertiary/aromatic N) is 1. The first-order valence-corrected chi connectivity index (χ1v) is 19.3. The van der Waals surface area contributed by atoms with Gasteiger partial charge < -0.3 is 18.6 Å². The number of ether oxygens (including phenoxy) is 2. The Balaban J connectivity index is 1.22. The average Bonchev–Trinajstić information content (AvgIpc) is 3.52. The van der Waals surface area contributed by atoms with E-state index in [1.54, 1.807) is 11.4 Å². The summed E-state index contributed by atoms with van der Waals surface area (Å²) < 4.78 is 30.6. The van der Waals surface area contributed by atoms with Gasteiger partial charge in [-0.25, -0.2) is 0 Å². The second kappa shape index (κ2) is 13.0. The van der Waals surface area contributed by atoms with E-state index in [9.17, 15) is 0 Å². The van der Waals surface area contributed by atoms with E-state index in [-0.39, 0.29) is 0 Å². The lowest BCUT2D eigenvalue weighted by atomic mass is 10.0. The van der Waals surface area contributed by atoms with Crippen LogP contribution in [0.2, 0.25) is 0 Å². The van der Waals surface area contributed by atoms with Crippen molar-refractivity contribution in [2.45, 2.75) is 6.92 Å². The molecule has 1 aliphatic heterocycles. The molecule has 0 radical (unpaired) electrons. The molecule has 0 N–H and O–H groups in total. The molecular formula is C46H32NO3PS. The van der Waals surface area contributed by atoms with E-state index in [4.69, 9.17) is 21.7 Å². The highest BCUT2D eigenvalue weighted by Gasteiger charge is 2.31. The molecule has 1 atom stereocenters. The lowest BCUT2D eigenvalue weighted by Crippen LogP contribution is -2.17. The van der Waals surface area contributed by atoms with Crippen molar-refractivity contribution in [2.75, 3.05) is 0 Å². The molecule has 0 amide bonds. The number of aromatic nitrogens is 1. The van der Waals surface area contributed by atoms with Gasteiger partial charge in [-0.2, -0.15) is 0 Å². The summed E-state index contributed by atoms with van der Waals surface area (Å²) in [6.07, 6.45) is 5.62. The van der Waals surface area contributed by atoms with Crippen molar-refractivity contribution >= 4 is 67.9 Å². The number of benzene rings is 7. The fraction of sp³-hybridized carbons (Fsp3) is 0.0217. The number of allylic oxidation sites excluding steroid dienone is 4. The van der Waals surface area contributed by atoms with Crippen molar-refractivity contribution in [1.82, 2.24) is 4.57 Å². The van der Waals surface area contributed by atoms with Gasteiger partial charge in [0, 0.05) is 37.8 Å². The molecule has 0 spiro atoms. The summed E-state index contributed by atoms with van der Waals surface area (Å²) in [7, 11) is -3.30. The van der Waals surface area contributed by atoms with Gasteiger partial charge >= 0.3 is 0 Å². The highest BCUT2D eigenvalue weighted by atomic mass is 32.1. The number of thiocarbonyl (C=S) groups is 1. The van der Waals surface area contributed by atoms with Crippen LogP contribution in [0.5, 0.6) is 23.0 Å². The van der Waals surface area contributed by atoms with E-state index < -0.39 is 7.14 Å². The van der Waals surface area contributed by atoms with Crippen LogP contribution in [0.4, 0.5) is 0 Å². The van der Waals surface area contributed by atoms with Gasteiger partial charge in [-0.3, -0.25) is 0 Å². The molecule has 52 heavy (non-hydrogen) atoms. The van der Waals surface area contributed by atoms with Gasteiger partial charge in [-0.05, 0) is 102 Å². The van der Waals surface area contributed by atoms with Crippen LogP contribution >= 0.6 is 19.4 Å². The zero-order valence-corrected chi connectivity index (χ0v) is 30.0. The molecule has 1 aliphatic rings. The van der Waals surface area contributed by atoms with Crippen LogP contribution in [-0.2, 0) is 4.57 Å². The molecule has 0 bridgehead atoms. The molecule has 4 nitrogen and oxygen atoms in total. The maximum atomic E-state index is 15.5. The summed E-state index contributed by atoms with van der Waals surface area (Å²) in [5.41, 5.74) is 5.16. The minimum atomic E-state index is -3.30. The van der Waals surface area contributed by atoms with Crippen LogP contribution in [0.25, 0.3) is 49.4 Å². The highest BCUT2D eigenvalue weighted by Crippen LogP contribution is 2.53. The zero-order valence-electron chi connectivity index (χ0n) is 28.3. The zero-order chi connectivity index (χ0) is 35.2. The monoisotopic (exact) mass is 709 g/mol. The topological polar surface area (TPSA) is 40.5 Å². The lowest BCUT2D eigenvalue weighted by molar-refractivity contribution is 0.360. The van der Waals surface area contributed by atoms with Gasteiger partial charge in [0.25, 0.3) is 0 Å². The Morgan fingerprint density at radius 3 is 1.87 bits per heavy atom. The van der Waals surface area contributed by atoms with Crippen LogP contribution in [-0.4, -0.2) is 9.93 Å². The average molecular weight is 710 g/mol. The number of fused-ring (bicyclic) bond motifs is 6. The molecule has 0 saturated heterocycles. The van der Waals surface area contributed by atoms with Gasteiger partial charge in [0.1, 0.15) is 0 Å². The first-order chi connectivity index (χ1) is 25.5. The molecule has 6 heteroatoms. The maximum absolute atomic E-state index is 15.5. The van der Waals surface area contributed by atoms with Gasteiger partial charge in [0.2, 0.25) is 0 Å². The van der Waals surface area contributed by atoms with Crippen LogP contribution in [0, 0.1) is 0 Å². The molecule has 1 unspecified atom stereocenters. The Morgan fingerprint density at radius 2 is 1.17 bits per heavy atom. The second-order valence-electron chi connectivity index (χ2n) is 12.8. The standard InChI is InChI=1S/C46H32NO3PS/c1-2-11-36(24-25-52)51(48,37-16-7-4-8-17-37)38-20-22-42-40(30-38)39-26-33(18-21-41(39)47(42)35-14-5-3-6-15-35)34-19-23-43-44(29-34)50-46-28-32-13-10-9-12-31(32)27-45(46)49-43/h2-30H,1H3/b11-2-,36-24+. The Hall–Kier alpha value is -6.00. The molecule has 8 aromatic rings.